The summed E-state index contributed by atoms with van der Waals surface area (Å²) < 4.78 is 0.599. The number of carbonyl (C=O) groups is 2. The maximum atomic E-state index is 12.1. The summed E-state index contributed by atoms with van der Waals surface area (Å²) in [5, 5.41) is 0. The van der Waals surface area contributed by atoms with Crippen molar-refractivity contribution >= 4 is 27.7 Å². The van der Waals surface area contributed by atoms with Gasteiger partial charge in [0.1, 0.15) is 4.60 Å². The standard InChI is InChI=1S/C12H13BrN2O2/c1-2-8-5-11(16)15(7-8)12(17)9-3-4-14-10(13)6-9/h3-4,6,8H,2,5,7H2,1H3. The Hall–Kier alpha value is -1.23. The van der Waals surface area contributed by atoms with Crippen LogP contribution in [-0.2, 0) is 4.79 Å². The summed E-state index contributed by atoms with van der Waals surface area (Å²) >= 11 is 3.21. The quantitative estimate of drug-likeness (QED) is 0.621. The lowest BCUT2D eigenvalue weighted by Crippen LogP contribution is -2.32. The van der Waals surface area contributed by atoms with Gasteiger partial charge in [0.05, 0.1) is 0 Å². The van der Waals surface area contributed by atoms with Crippen molar-refractivity contribution in [1.29, 1.82) is 0 Å². The maximum absolute atomic E-state index is 12.1. The lowest BCUT2D eigenvalue weighted by atomic mass is 10.1. The van der Waals surface area contributed by atoms with Crippen LogP contribution in [-0.4, -0.2) is 28.2 Å². The molecule has 0 N–H and O–H groups in total. The van der Waals surface area contributed by atoms with Crippen molar-refractivity contribution in [3.8, 4) is 0 Å². The third-order valence-corrected chi connectivity index (χ3v) is 3.43. The van der Waals surface area contributed by atoms with Crippen LogP contribution >= 0.6 is 15.9 Å². The molecule has 17 heavy (non-hydrogen) atoms. The van der Waals surface area contributed by atoms with E-state index in [9.17, 15) is 9.59 Å². The minimum Gasteiger partial charge on any atom is -0.278 e. The summed E-state index contributed by atoms with van der Waals surface area (Å²) in [6, 6.07) is 3.26. The fourth-order valence-electron chi connectivity index (χ4n) is 1.94. The Bertz CT molecular complexity index is 462. The largest absolute Gasteiger partial charge is 0.278 e. The van der Waals surface area contributed by atoms with E-state index in [2.05, 4.69) is 20.9 Å². The van der Waals surface area contributed by atoms with Crippen LogP contribution in [0.15, 0.2) is 22.9 Å². The molecule has 0 aromatic carbocycles. The van der Waals surface area contributed by atoms with Gasteiger partial charge in [0, 0.05) is 24.7 Å². The van der Waals surface area contributed by atoms with E-state index in [1.165, 1.54) is 4.90 Å². The average Bonchev–Trinajstić information content (AvgIpc) is 2.69. The predicted octanol–water partition coefficient (Wildman–Crippen LogP) is 2.24. The molecule has 1 atom stereocenters. The lowest BCUT2D eigenvalue weighted by molar-refractivity contribution is -0.125. The van der Waals surface area contributed by atoms with Crippen LogP contribution in [0.25, 0.3) is 0 Å². The van der Waals surface area contributed by atoms with Crippen LogP contribution in [0.4, 0.5) is 0 Å². The first-order valence-electron chi connectivity index (χ1n) is 5.58. The SMILES string of the molecule is CCC1CC(=O)N(C(=O)c2ccnc(Br)c2)C1. The first-order chi connectivity index (χ1) is 8.11. The summed E-state index contributed by atoms with van der Waals surface area (Å²) in [7, 11) is 0. The zero-order valence-corrected chi connectivity index (χ0v) is 11.1. The molecular formula is C12H13BrN2O2. The van der Waals surface area contributed by atoms with Crippen molar-refractivity contribution in [1.82, 2.24) is 9.88 Å². The van der Waals surface area contributed by atoms with E-state index in [1.54, 1.807) is 18.3 Å². The number of rotatable bonds is 2. The molecule has 0 spiro atoms. The van der Waals surface area contributed by atoms with Crippen molar-refractivity contribution in [2.75, 3.05) is 6.54 Å². The Kier molecular flexibility index (Phi) is 3.57. The molecule has 0 saturated carbocycles. The zero-order valence-electron chi connectivity index (χ0n) is 9.52. The van der Waals surface area contributed by atoms with Crippen LogP contribution in [0.5, 0.6) is 0 Å². The Morgan fingerprint density at radius 2 is 2.41 bits per heavy atom. The highest BCUT2D eigenvalue weighted by Gasteiger charge is 2.33. The highest BCUT2D eigenvalue weighted by Crippen LogP contribution is 2.22. The third kappa shape index (κ3) is 2.54. The molecule has 0 bridgehead atoms. The molecule has 90 valence electrons. The van der Waals surface area contributed by atoms with Gasteiger partial charge in [-0.1, -0.05) is 13.3 Å². The molecule has 1 unspecified atom stereocenters. The second-order valence-corrected chi connectivity index (χ2v) is 4.97. The number of halogens is 1. The van der Waals surface area contributed by atoms with Gasteiger partial charge in [0.15, 0.2) is 0 Å². The molecule has 1 aliphatic rings. The maximum Gasteiger partial charge on any atom is 0.260 e. The number of aromatic nitrogens is 1. The molecule has 2 amide bonds. The number of hydrogen-bond donors (Lipinski definition) is 0. The molecule has 1 aliphatic heterocycles. The third-order valence-electron chi connectivity index (χ3n) is 3.00. The van der Waals surface area contributed by atoms with Gasteiger partial charge in [-0.25, -0.2) is 4.98 Å². The number of pyridine rings is 1. The molecule has 0 radical (unpaired) electrons. The first kappa shape index (κ1) is 12.2. The molecule has 0 aliphatic carbocycles. The Balaban J connectivity index is 2.18. The summed E-state index contributed by atoms with van der Waals surface area (Å²) in [5.41, 5.74) is 0.497. The predicted molar refractivity (Wildman–Crippen MR) is 66.4 cm³/mol. The van der Waals surface area contributed by atoms with Gasteiger partial charge in [-0.3, -0.25) is 14.5 Å². The fraction of sp³-hybridized carbons (Fsp3) is 0.417. The first-order valence-corrected chi connectivity index (χ1v) is 6.37. The summed E-state index contributed by atoms with van der Waals surface area (Å²) in [4.78, 5) is 29.2. The van der Waals surface area contributed by atoms with Gasteiger partial charge < -0.3 is 0 Å². The van der Waals surface area contributed by atoms with E-state index < -0.39 is 0 Å². The van der Waals surface area contributed by atoms with E-state index >= 15 is 0 Å². The zero-order chi connectivity index (χ0) is 12.4. The molecular weight excluding hydrogens is 284 g/mol. The second-order valence-electron chi connectivity index (χ2n) is 4.16. The minimum atomic E-state index is -0.228. The topological polar surface area (TPSA) is 50.3 Å². The molecule has 2 rings (SSSR count). The van der Waals surface area contributed by atoms with Crippen LogP contribution < -0.4 is 0 Å². The van der Waals surface area contributed by atoms with Crippen molar-refractivity contribution in [2.45, 2.75) is 19.8 Å². The fourth-order valence-corrected chi connectivity index (χ4v) is 2.31. The van der Waals surface area contributed by atoms with Gasteiger partial charge in [-0.2, -0.15) is 0 Å². The smallest absolute Gasteiger partial charge is 0.260 e. The number of likely N-dealkylation sites (tertiary alicyclic amines) is 1. The van der Waals surface area contributed by atoms with Gasteiger partial charge in [0.2, 0.25) is 5.91 Å². The van der Waals surface area contributed by atoms with Gasteiger partial charge >= 0.3 is 0 Å². The van der Waals surface area contributed by atoms with E-state index in [-0.39, 0.29) is 11.8 Å². The highest BCUT2D eigenvalue weighted by molar-refractivity contribution is 9.10. The van der Waals surface area contributed by atoms with E-state index in [1.807, 2.05) is 6.92 Å². The van der Waals surface area contributed by atoms with Crippen LogP contribution in [0.3, 0.4) is 0 Å². The minimum absolute atomic E-state index is 0.0743. The van der Waals surface area contributed by atoms with E-state index in [4.69, 9.17) is 0 Å². The monoisotopic (exact) mass is 296 g/mol. The molecule has 1 fully saturated rings. The highest BCUT2D eigenvalue weighted by atomic mass is 79.9. The number of amides is 2. The Morgan fingerprint density at radius 3 is 3.00 bits per heavy atom. The van der Waals surface area contributed by atoms with Gasteiger partial charge in [-0.15, -0.1) is 0 Å². The summed E-state index contributed by atoms with van der Waals surface area (Å²) in [6.45, 7) is 2.57. The van der Waals surface area contributed by atoms with Crippen molar-refractivity contribution in [3.05, 3.63) is 28.5 Å². The second kappa shape index (κ2) is 4.96. The van der Waals surface area contributed by atoms with Crippen molar-refractivity contribution < 1.29 is 9.59 Å². The molecule has 1 aromatic heterocycles. The molecule has 5 heteroatoms. The summed E-state index contributed by atoms with van der Waals surface area (Å²) in [5.74, 6) is 0.000521. The van der Waals surface area contributed by atoms with Crippen LogP contribution in [0.2, 0.25) is 0 Å². The number of carbonyl (C=O) groups excluding carboxylic acids is 2. The van der Waals surface area contributed by atoms with Crippen molar-refractivity contribution in [3.63, 3.8) is 0 Å². The van der Waals surface area contributed by atoms with E-state index in [0.29, 0.717) is 29.1 Å². The lowest BCUT2D eigenvalue weighted by Gasteiger charge is -2.14. The Labute approximate surface area is 108 Å². The van der Waals surface area contributed by atoms with Gasteiger partial charge in [0.25, 0.3) is 5.91 Å². The van der Waals surface area contributed by atoms with Crippen LogP contribution in [0.1, 0.15) is 30.1 Å². The summed E-state index contributed by atoms with van der Waals surface area (Å²) in [6.07, 6.45) is 2.96. The van der Waals surface area contributed by atoms with Crippen LogP contribution in [0, 0.1) is 5.92 Å². The number of nitrogens with zero attached hydrogens (tertiary/aromatic N) is 2. The average molecular weight is 297 g/mol. The number of hydrogen-bond acceptors (Lipinski definition) is 3. The molecule has 4 nitrogen and oxygen atoms in total. The number of imide groups is 1. The van der Waals surface area contributed by atoms with Gasteiger partial charge in [-0.05, 0) is 34.0 Å². The van der Waals surface area contributed by atoms with Crippen molar-refractivity contribution in [2.24, 2.45) is 5.92 Å². The van der Waals surface area contributed by atoms with E-state index in [0.717, 1.165) is 6.42 Å². The molecule has 1 aromatic rings. The molecule has 1 saturated heterocycles. The Morgan fingerprint density at radius 1 is 1.65 bits per heavy atom. The molecule has 2 heterocycles. The normalized spacial score (nSPS) is 19.8.